The fraction of sp³-hybridized carbons (Fsp3) is 0.714. The molecule has 0 aromatic carbocycles. The van der Waals surface area contributed by atoms with Crippen molar-refractivity contribution >= 4 is 5.95 Å². The highest BCUT2D eigenvalue weighted by Gasteiger charge is 2.11. The lowest BCUT2D eigenvalue weighted by Gasteiger charge is -2.26. The molecule has 0 saturated heterocycles. The van der Waals surface area contributed by atoms with E-state index in [2.05, 4.69) is 41.0 Å². The quantitative estimate of drug-likeness (QED) is 0.691. The highest BCUT2D eigenvalue weighted by molar-refractivity contribution is 5.30. The Morgan fingerprint density at radius 1 is 1.32 bits per heavy atom. The maximum atomic E-state index is 4.98. The molecule has 0 fully saturated rings. The molecular weight excluding hydrogens is 240 g/mol. The standard InChI is InChI=1S/C14H26N4O/c1-5-7-18(12(2)3)14-16-10-13(11-17-14)9-15-6-8-19-4/h10-12,15H,5-9H2,1-4H3. The first kappa shape index (κ1) is 15.9. The van der Waals surface area contributed by atoms with E-state index < -0.39 is 0 Å². The molecule has 0 atom stereocenters. The minimum absolute atomic E-state index is 0.422. The van der Waals surface area contributed by atoms with Crippen molar-refractivity contribution in [1.82, 2.24) is 15.3 Å². The van der Waals surface area contributed by atoms with Crippen LogP contribution in [0, 0.1) is 0 Å². The summed E-state index contributed by atoms with van der Waals surface area (Å²) in [6, 6.07) is 0.422. The number of rotatable bonds is 9. The molecule has 0 unspecified atom stereocenters. The molecule has 1 heterocycles. The van der Waals surface area contributed by atoms with E-state index in [-0.39, 0.29) is 0 Å². The number of hydrogen-bond donors (Lipinski definition) is 1. The molecule has 108 valence electrons. The van der Waals surface area contributed by atoms with Gasteiger partial charge in [-0.2, -0.15) is 0 Å². The van der Waals surface area contributed by atoms with Crippen molar-refractivity contribution in [1.29, 1.82) is 0 Å². The van der Waals surface area contributed by atoms with Crippen LogP contribution < -0.4 is 10.2 Å². The maximum absolute atomic E-state index is 4.98. The first-order valence-corrected chi connectivity index (χ1v) is 6.96. The van der Waals surface area contributed by atoms with Crippen molar-refractivity contribution in [3.63, 3.8) is 0 Å². The van der Waals surface area contributed by atoms with Crippen LogP contribution >= 0.6 is 0 Å². The van der Waals surface area contributed by atoms with Gasteiger partial charge < -0.3 is 15.0 Å². The Kier molecular flexibility index (Phi) is 7.36. The molecule has 0 amide bonds. The van der Waals surface area contributed by atoms with Gasteiger partial charge in [0.2, 0.25) is 5.95 Å². The van der Waals surface area contributed by atoms with Crippen molar-refractivity contribution in [2.75, 3.05) is 31.7 Å². The zero-order valence-electron chi connectivity index (χ0n) is 12.5. The lowest BCUT2D eigenvalue weighted by molar-refractivity contribution is 0.199. The van der Waals surface area contributed by atoms with Gasteiger partial charge in [0.1, 0.15) is 0 Å². The number of nitrogens with one attached hydrogen (secondary N) is 1. The van der Waals surface area contributed by atoms with Crippen LogP contribution in [-0.2, 0) is 11.3 Å². The van der Waals surface area contributed by atoms with Crippen LogP contribution in [0.3, 0.4) is 0 Å². The van der Waals surface area contributed by atoms with Crippen LogP contribution in [0.2, 0.25) is 0 Å². The molecule has 5 heteroatoms. The maximum Gasteiger partial charge on any atom is 0.225 e. The second-order valence-corrected chi connectivity index (χ2v) is 4.85. The Balaban J connectivity index is 2.54. The highest BCUT2D eigenvalue weighted by Crippen LogP contribution is 2.11. The molecule has 0 saturated carbocycles. The number of nitrogens with zero attached hydrogens (tertiary/aromatic N) is 3. The van der Waals surface area contributed by atoms with Gasteiger partial charge in [0.05, 0.1) is 6.61 Å². The summed E-state index contributed by atoms with van der Waals surface area (Å²) in [6.07, 6.45) is 4.89. The molecule has 1 rings (SSSR count). The number of hydrogen-bond acceptors (Lipinski definition) is 5. The highest BCUT2D eigenvalue weighted by atomic mass is 16.5. The SMILES string of the molecule is CCCN(c1ncc(CNCCOC)cn1)C(C)C. The van der Waals surface area contributed by atoms with E-state index in [1.54, 1.807) is 7.11 Å². The summed E-state index contributed by atoms with van der Waals surface area (Å²) in [7, 11) is 1.70. The van der Waals surface area contributed by atoms with E-state index >= 15 is 0 Å². The third kappa shape index (κ3) is 5.53. The predicted molar refractivity (Wildman–Crippen MR) is 78.4 cm³/mol. The zero-order chi connectivity index (χ0) is 14.1. The third-order valence-corrected chi connectivity index (χ3v) is 2.85. The molecule has 0 radical (unpaired) electrons. The molecule has 1 aromatic rings. The van der Waals surface area contributed by atoms with E-state index in [9.17, 15) is 0 Å². The fourth-order valence-electron chi connectivity index (χ4n) is 1.82. The first-order chi connectivity index (χ1) is 9.19. The average molecular weight is 266 g/mol. The summed E-state index contributed by atoms with van der Waals surface area (Å²) in [5.74, 6) is 0.817. The van der Waals surface area contributed by atoms with Gasteiger partial charge in [0.15, 0.2) is 0 Å². The van der Waals surface area contributed by atoms with Crippen LogP contribution in [0.25, 0.3) is 0 Å². The second-order valence-electron chi connectivity index (χ2n) is 4.85. The van der Waals surface area contributed by atoms with E-state index in [0.29, 0.717) is 6.04 Å². The summed E-state index contributed by atoms with van der Waals surface area (Å²) in [5, 5.41) is 3.28. The van der Waals surface area contributed by atoms with Crippen LogP contribution in [0.5, 0.6) is 0 Å². The summed E-state index contributed by atoms with van der Waals surface area (Å²) in [5.41, 5.74) is 1.10. The Labute approximate surface area is 116 Å². The van der Waals surface area contributed by atoms with Crippen LogP contribution in [0.15, 0.2) is 12.4 Å². The van der Waals surface area contributed by atoms with Crippen molar-refractivity contribution in [2.24, 2.45) is 0 Å². The third-order valence-electron chi connectivity index (χ3n) is 2.85. The van der Waals surface area contributed by atoms with Gasteiger partial charge in [0.25, 0.3) is 0 Å². The minimum Gasteiger partial charge on any atom is -0.383 e. The van der Waals surface area contributed by atoms with Crippen LogP contribution in [-0.4, -0.2) is 42.8 Å². The Hall–Kier alpha value is -1.20. The molecule has 0 aliphatic carbocycles. The molecule has 19 heavy (non-hydrogen) atoms. The summed E-state index contributed by atoms with van der Waals surface area (Å²) in [4.78, 5) is 11.1. The number of methoxy groups -OCH3 is 1. The Morgan fingerprint density at radius 3 is 2.53 bits per heavy atom. The number of anilines is 1. The zero-order valence-corrected chi connectivity index (χ0v) is 12.5. The largest absolute Gasteiger partial charge is 0.383 e. The van der Waals surface area contributed by atoms with Gasteiger partial charge in [-0.1, -0.05) is 6.92 Å². The average Bonchev–Trinajstić information content (AvgIpc) is 2.41. The minimum atomic E-state index is 0.422. The molecule has 0 aliphatic heterocycles. The molecule has 1 N–H and O–H groups in total. The monoisotopic (exact) mass is 266 g/mol. The van der Waals surface area contributed by atoms with E-state index in [1.807, 2.05) is 12.4 Å². The smallest absolute Gasteiger partial charge is 0.225 e. The molecule has 0 bridgehead atoms. The summed E-state index contributed by atoms with van der Waals surface area (Å²) in [6.45, 7) is 9.83. The van der Waals surface area contributed by atoms with Crippen molar-refractivity contribution in [2.45, 2.75) is 39.8 Å². The topological polar surface area (TPSA) is 50.3 Å². The molecular formula is C14H26N4O. The summed E-state index contributed by atoms with van der Waals surface area (Å²) < 4.78 is 4.98. The van der Waals surface area contributed by atoms with Gasteiger partial charge in [-0.25, -0.2) is 9.97 Å². The van der Waals surface area contributed by atoms with E-state index in [4.69, 9.17) is 4.74 Å². The van der Waals surface area contributed by atoms with Gasteiger partial charge >= 0.3 is 0 Å². The lowest BCUT2D eigenvalue weighted by atomic mass is 10.3. The van der Waals surface area contributed by atoms with Crippen LogP contribution in [0.4, 0.5) is 5.95 Å². The first-order valence-electron chi connectivity index (χ1n) is 6.96. The Bertz CT molecular complexity index is 340. The van der Waals surface area contributed by atoms with Crippen molar-refractivity contribution < 1.29 is 4.74 Å². The van der Waals surface area contributed by atoms with Gasteiger partial charge in [-0.3, -0.25) is 0 Å². The predicted octanol–water partition coefficient (Wildman–Crippen LogP) is 1.84. The van der Waals surface area contributed by atoms with Gasteiger partial charge in [-0.05, 0) is 20.3 Å². The van der Waals surface area contributed by atoms with Gasteiger partial charge in [-0.15, -0.1) is 0 Å². The number of ether oxygens (including phenoxy) is 1. The molecule has 0 spiro atoms. The number of aromatic nitrogens is 2. The van der Waals surface area contributed by atoms with E-state index in [0.717, 1.165) is 44.2 Å². The van der Waals surface area contributed by atoms with Crippen molar-refractivity contribution in [3.8, 4) is 0 Å². The molecule has 5 nitrogen and oxygen atoms in total. The Morgan fingerprint density at radius 2 is 2.00 bits per heavy atom. The van der Waals surface area contributed by atoms with Crippen molar-refractivity contribution in [3.05, 3.63) is 18.0 Å². The van der Waals surface area contributed by atoms with Crippen LogP contribution in [0.1, 0.15) is 32.8 Å². The lowest BCUT2D eigenvalue weighted by Crippen LogP contribution is -2.33. The van der Waals surface area contributed by atoms with E-state index in [1.165, 1.54) is 0 Å². The molecule has 0 aliphatic rings. The second kappa shape index (κ2) is 8.82. The molecule has 1 aromatic heterocycles. The van der Waals surface area contributed by atoms with Gasteiger partial charge in [0, 0.05) is 50.7 Å². The summed E-state index contributed by atoms with van der Waals surface area (Å²) >= 11 is 0. The fourth-order valence-corrected chi connectivity index (χ4v) is 1.82. The normalized spacial score (nSPS) is 11.0.